The first-order valence-electron chi connectivity index (χ1n) is 7.29. The topological polar surface area (TPSA) is 134 Å². The number of aromatic nitrogens is 2. The third kappa shape index (κ3) is 5.62. The lowest BCUT2D eigenvalue weighted by Gasteiger charge is -2.11. The highest BCUT2D eigenvalue weighted by Gasteiger charge is 2.22. The lowest BCUT2D eigenvalue weighted by Crippen LogP contribution is -2.18. The van der Waals surface area contributed by atoms with Gasteiger partial charge < -0.3 is 9.47 Å². The molecule has 0 amide bonds. The highest BCUT2D eigenvalue weighted by Crippen LogP contribution is 2.27. The van der Waals surface area contributed by atoms with E-state index in [4.69, 9.17) is 21.1 Å². The van der Waals surface area contributed by atoms with Crippen molar-refractivity contribution in [3.05, 3.63) is 45.1 Å². The molecule has 0 saturated heterocycles. The Hall–Kier alpha value is -2.73. The van der Waals surface area contributed by atoms with Gasteiger partial charge in [0.05, 0.1) is 18.2 Å². The summed E-state index contributed by atoms with van der Waals surface area (Å²) in [5.74, 6) is -1.11. The molecule has 0 aliphatic rings. The number of benzene rings is 1. The zero-order chi connectivity index (χ0) is 20.0. The first-order valence-corrected chi connectivity index (χ1v) is 9.32. The molecule has 0 saturated carbocycles. The van der Waals surface area contributed by atoms with Crippen LogP contribution in [0.1, 0.15) is 5.56 Å². The van der Waals surface area contributed by atoms with Crippen LogP contribution in [-0.4, -0.2) is 43.7 Å². The van der Waals surface area contributed by atoms with Gasteiger partial charge in [-0.2, -0.15) is 4.98 Å². The van der Waals surface area contributed by atoms with Crippen molar-refractivity contribution in [1.82, 2.24) is 9.97 Å². The lowest BCUT2D eigenvalue weighted by atomic mass is 10.2. The Kier molecular flexibility index (Phi) is 6.69. The third-order valence-electron chi connectivity index (χ3n) is 3.09. The van der Waals surface area contributed by atoms with Crippen molar-refractivity contribution in [2.45, 2.75) is 5.75 Å². The summed E-state index contributed by atoms with van der Waals surface area (Å²) >= 11 is 5.71. The SMILES string of the molecule is COc1nc(NS(=O)(=O)Cc2ccc(Cl)cc2[N+](=O)[O-])ncc1OCCF. The second-order valence-corrected chi connectivity index (χ2v) is 7.15. The lowest BCUT2D eigenvalue weighted by molar-refractivity contribution is -0.385. The van der Waals surface area contributed by atoms with E-state index in [2.05, 4.69) is 14.7 Å². The molecular formula is C14H14ClFN4O6S. The van der Waals surface area contributed by atoms with E-state index in [-0.39, 0.29) is 34.8 Å². The number of nitrogens with zero attached hydrogens (tertiary/aromatic N) is 3. The molecule has 0 unspecified atom stereocenters. The van der Waals surface area contributed by atoms with Crippen LogP contribution in [0.4, 0.5) is 16.0 Å². The van der Waals surface area contributed by atoms with Gasteiger partial charge >= 0.3 is 0 Å². The molecule has 146 valence electrons. The summed E-state index contributed by atoms with van der Waals surface area (Å²) in [4.78, 5) is 17.9. The van der Waals surface area contributed by atoms with E-state index in [0.29, 0.717) is 0 Å². The standard InChI is InChI=1S/C14H14ClFN4O6S/c1-25-13-12(26-5-4-16)7-17-14(18-13)19-27(23,24)8-9-2-3-10(15)6-11(9)20(21)22/h2-3,6-7H,4-5,8H2,1H3,(H,17,18,19). The zero-order valence-corrected chi connectivity index (χ0v) is 15.5. The smallest absolute Gasteiger partial charge is 0.275 e. The molecule has 0 fully saturated rings. The summed E-state index contributed by atoms with van der Waals surface area (Å²) in [5.41, 5.74) is -0.492. The molecule has 27 heavy (non-hydrogen) atoms. The van der Waals surface area contributed by atoms with Gasteiger partial charge in [0, 0.05) is 16.7 Å². The minimum Gasteiger partial charge on any atom is -0.484 e. The Morgan fingerprint density at radius 3 is 2.78 bits per heavy atom. The third-order valence-corrected chi connectivity index (χ3v) is 4.51. The van der Waals surface area contributed by atoms with E-state index < -0.39 is 33.1 Å². The van der Waals surface area contributed by atoms with Crippen LogP contribution in [0, 0.1) is 10.1 Å². The van der Waals surface area contributed by atoms with Gasteiger partial charge in [0.1, 0.15) is 19.0 Å². The number of hydrogen-bond donors (Lipinski definition) is 1. The van der Waals surface area contributed by atoms with E-state index >= 15 is 0 Å². The van der Waals surface area contributed by atoms with Crippen LogP contribution in [0.5, 0.6) is 11.6 Å². The first kappa shape index (κ1) is 20.6. The Morgan fingerprint density at radius 2 is 2.15 bits per heavy atom. The van der Waals surface area contributed by atoms with Crippen LogP contribution in [0.3, 0.4) is 0 Å². The molecule has 0 spiro atoms. The molecule has 1 aromatic heterocycles. The Bertz CT molecular complexity index is 943. The highest BCUT2D eigenvalue weighted by atomic mass is 35.5. The number of halogens is 2. The van der Waals surface area contributed by atoms with Crippen molar-refractivity contribution in [3.8, 4) is 11.6 Å². The van der Waals surface area contributed by atoms with Gasteiger partial charge in [-0.15, -0.1) is 0 Å². The van der Waals surface area contributed by atoms with Gasteiger partial charge in [0.15, 0.2) is 5.75 Å². The zero-order valence-electron chi connectivity index (χ0n) is 13.9. The fourth-order valence-corrected chi connectivity index (χ4v) is 3.28. The van der Waals surface area contributed by atoms with Crippen LogP contribution in [0.2, 0.25) is 5.02 Å². The van der Waals surface area contributed by atoms with E-state index in [1.54, 1.807) is 0 Å². The summed E-state index contributed by atoms with van der Waals surface area (Å²) in [6.45, 7) is -0.984. The number of rotatable bonds is 9. The number of anilines is 1. The first-order chi connectivity index (χ1) is 12.8. The van der Waals surface area contributed by atoms with Gasteiger partial charge in [0.25, 0.3) is 11.6 Å². The largest absolute Gasteiger partial charge is 0.484 e. The molecule has 2 rings (SSSR count). The second kappa shape index (κ2) is 8.77. The highest BCUT2D eigenvalue weighted by molar-refractivity contribution is 7.91. The molecule has 0 aliphatic carbocycles. The number of hydrogen-bond acceptors (Lipinski definition) is 8. The van der Waals surface area contributed by atoms with E-state index in [1.807, 2.05) is 0 Å². The maximum Gasteiger partial charge on any atom is 0.275 e. The van der Waals surface area contributed by atoms with Crippen LogP contribution < -0.4 is 14.2 Å². The van der Waals surface area contributed by atoms with Crippen LogP contribution in [-0.2, 0) is 15.8 Å². The van der Waals surface area contributed by atoms with Gasteiger partial charge in [-0.3, -0.25) is 14.8 Å². The summed E-state index contributed by atoms with van der Waals surface area (Å²) in [5, 5.41) is 11.2. The van der Waals surface area contributed by atoms with Crippen molar-refractivity contribution < 1.29 is 27.2 Å². The van der Waals surface area contributed by atoms with Crippen molar-refractivity contribution in [1.29, 1.82) is 0 Å². The maximum atomic E-state index is 12.3. The minimum absolute atomic E-state index is 0.0337. The number of ether oxygens (including phenoxy) is 2. The number of nitrogens with one attached hydrogen (secondary N) is 1. The second-order valence-electron chi connectivity index (χ2n) is 5.00. The monoisotopic (exact) mass is 420 g/mol. The average Bonchev–Trinajstić information content (AvgIpc) is 2.61. The molecule has 0 bridgehead atoms. The molecule has 2 aromatic rings. The van der Waals surface area contributed by atoms with E-state index in [1.165, 1.54) is 19.2 Å². The summed E-state index contributed by atoms with van der Waals surface area (Å²) in [7, 11) is -2.83. The van der Waals surface area contributed by atoms with Gasteiger partial charge in [-0.05, 0) is 12.1 Å². The summed E-state index contributed by atoms with van der Waals surface area (Å²) < 4.78 is 48.9. The predicted octanol–water partition coefficient (Wildman–Crippen LogP) is 2.34. The number of methoxy groups -OCH3 is 1. The Labute approximate surface area is 158 Å². The van der Waals surface area contributed by atoms with E-state index in [0.717, 1.165) is 12.3 Å². The van der Waals surface area contributed by atoms with Crippen molar-refractivity contribution >= 4 is 33.3 Å². The van der Waals surface area contributed by atoms with E-state index in [9.17, 15) is 22.9 Å². The molecule has 1 N–H and O–H groups in total. The van der Waals surface area contributed by atoms with Crippen LogP contribution in [0.25, 0.3) is 0 Å². The quantitative estimate of drug-likeness (QED) is 0.482. The molecule has 10 nitrogen and oxygen atoms in total. The molecule has 0 aliphatic heterocycles. The predicted molar refractivity (Wildman–Crippen MR) is 94.4 cm³/mol. The van der Waals surface area contributed by atoms with Crippen molar-refractivity contribution in [2.24, 2.45) is 0 Å². The van der Waals surface area contributed by atoms with Crippen LogP contribution in [0.15, 0.2) is 24.4 Å². The molecule has 13 heteroatoms. The normalized spacial score (nSPS) is 11.1. The van der Waals surface area contributed by atoms with Gasteiger partial charge in [0.2, 0.25) is 16.0 Å². The summed E-state index contributed by atoms with van der Waals surface area (Å²) in [6.07, 6.45) is 1.12. The van der Waals surface area contributed by atoms with Gasteiger partial charge in [-0.1, -0.05) is 11.6 Å². The van der Waals surface area contributed by atoms with Crippen molar-refractivity contribution in [2.75, 3.05) is 25.1 Å². The molecule has 0 atom stereocenters. The molecule has 1 heterocycles. The van der Waals surface area contributed by atoms with Crippen LogP contribution >= 0.6 is 11.6 Å². The average molecular weight is 421 g/mol. The minimum atomic E-state index is -4.09. The number of sulfonamides is 1. The summed E-state index contributed by atoms with van der Waals surface area (Å²) in [6, 6.07) is 3.65. The Morgan fingerprint density at radius 1 is 1.41 bits per heavy atom. The fraction of sp³-hybridized carbons (Fsp3) is 0.286. The number of nitro benzene ring substituents is 1. The molecule has 0 radical (unpaired) electrons. The maximum absolute atomic E-state index is 12.3. The van der Waals surface area contributed by atoms with Crippen molar-refractivity contribution in [3.63, 3.8) is 0 Å². The van der Waals surface area contributed by atoms with Gasteiger partial charge in [-0.25, -0.2) is 17.8 Å². The Balaban J connectivity index is 2.23. The fourth-order valence-electron chi connectivity index (χ4n) is 2.01. The number of nitro groups is 1. The molecular weight excluding hydrogens is 407 g/mol. The number of alkyl halides is 1. The molecule has 1 aromatic carbocycles.